The molecule has 0 aliphatic rings. The minimum absolute atomic E-state index is 0. The Morgan fingerprint density at radius 2 is 1.93 bits per heavy atom. The molecule has 0 aliphatic heterocycles. The first-order chi connectivity index (χ1) is 6.20. The first kappa shape index (κ1) is 12.9. The van der Waals surface area contributed by atoms with Crippen molar-refractivity contribution >= 4 is 18.4 Å². The monoisotopic (exact) mass is 215 g/mol. The number of aliphatic carboxylic acids is 1. The predicted molar refractivity (Wildman–Crippen MR) is 57.5 cm³/mol. The van der Waals surface area contributed by atoms with Crippen LogP contribution in [0.15, 0.2) is 30.3 Å². The average Bonchev–Trinajstić information content (AvgIpc) is 2.15. The Labute approximate surface area is 89.3 Å². The van der Waals surface area contributed by atoms with Gasteiger partial charge in [-0.15, -0.1) is 12.4 Å². The third kappa shape index (κ3) is 4.25. The van der Waals surface area contributed by atoms with Gasteiger partial charge in [-0.1, -0.05) is 30.3 Å². The van der Waals surface area contributed by atoms with E-state index in [1.54, 1.807) is 0 Å². The minimum Gasteiger partial charge on any atom is -0.481 e. The third-order valence-corrected chi connectivity index (χ3v) is 1.90. The fraction of sp³-hybridized carbons (Fsp3) is 0.300. The van der Waals surface area contributed by atoms with E-state index < -0.39 is 5.97 Å². The number of hydrogen-bond donors (Lipinski definition) is 2. The fourth-order valence-corrected chi connectivity index (χ4v) is 1.15. The van der Waals surface area contributed by atoms with Crippen molar-refractivity contribution in [3.05, 3.63) is 35.9 Å². The summed E-state index contributed by atoms with van der Waals surface area (Å²) in [5.74, 6) is -0.800. The van der Waals surface area contributed by atoms with Crippen LogP contribution in [0.1, 0.15) is 24.4 Å². The molecule has 0 saturated carbocycles. The SMILES string of the molecule is Cl.N[C@H](CCC(=O)O)c1ccccc1. The minimum atomic E-state index is -0.800. The van der Waals surface area contributed by atoms with E-state index in [4.69, 9.17) is 10.8 Å². The zero-order valence-electron chi connectivity index (χ0n) is 7.72. The number of nitrogens with two attached hydrogens (primary N) is 1. The summed E-state index contributed by atoms with van der Waals surface area (Å²) < 4.78 is 0. The van der Waals surface area contributed by atoms with Crippen LogP contribution < -0.4 is 5.73 Å². The van der Waals surface area contributed by atoms with Crippen molar-refractivity contribution in [1.82, 2.24) is 0 Å². The van der Waals surface area contributed by atoms with Gasteiger partial charge in [0.2, 0.25) is 0 Å². The average molecular weight is 216 g/mol. The van der Waals surface area contributed by atoms with Crippen molar-refractivity contribution < 1.29 is 9.90 Å². The Morgan fingerprint density at radius 3 is 2.43 bits per heavy atom. The van der Waals surface area contributed by atoms with Crippen LogP contribution in [0.2, 0.25) is 0 Å². The predicted octanol–water partition coefficient (Wildman–Crippen LogP) is 1.97. The first-order valence-corrected chi connectivity index (χ1v) is 4.22. The molecule has 0 aromatic heterocycles. The Morgan fingerprint density at radius 1 is 1.36 bits per heavy atom. The lowest BCUT2D eigenvalue weighted by Gasteiger charge is -2.09. The Bertz CT molecular complexity index is 277. The highest BCUT2D eigenvalue weighted by Crippen LogP contribution is 2.14. The van der Waals surface area contributed by atoms with Crippen molar-refractivity contribution in [2.45, 2.75) is 18.9 Å². The molecule has 0 unspecified atom stereocenters. The molecule has 78 valence electrons. The number of hydrogen-bond acceptors (Lipinski definition) is 2. The number of rotatable bonds is 4. The summed E-state index contributed by atoms with van der Waals surface area (Å²) >= 11 is 0. The summed E-state index contributed by atoms with van der Waals surface area (Å²) in [7, 11) is 0. The van der Waals surface area contributed by atoms with Crippen LogP contribution in [-0.2, 0) is 4.79 Å². The standard InChI is InChI=1S/C10H13NO2.ClH/c11-9(6-7-10(12)13)8-4-2-1-3-5-8;/h1-5,9H,6-7,11H2,(H,12,13);1H/t9-;/m1./s1. The first-order valence-electron chi connectivity index (χ1n) is 4.22. The number of carboxylic acid groups (broad SMARTS) is 1. The summed E-state index contributed by atoms with van der Waals surface area (Å²) in [6, 6.07) is 9.36. The summed E-state index contributed by atoms with van der Waals surface area (Å²) in [4.78, 5) is 10.3. The Hall–Kier alpha value is -1.06. The summed E-state index contributed by atoms with van der Waals surface area (Å²) in [6.07, 6.45) is 0.607. The zero-order valence-corrected chi connectivity index (χ0v) is 8.54. The lowest BCUT2D eigenvalue weighted by Crippen LogP contribution is -2.11. The van der Waals surface area contributed by atoms with Crippen molar-refractivity contribution in [2.24, 2.45) is 5.73 Å². The van der Waals surface area contributed by atoms with Crippen molar-refractivity contribution in [3.8, 4) is 0 Å². The number of carboxylic acids is 1. The van der Waals surface area contributed by atoms with Gasteiger partial charge in [0.05, 0.1) is 0 Å². The molecule has 0 spiro atoms. The second-order valence-electron chi connectivity index (χ2n) is 2.95. The molecule has 0 heterocycles. The summed E-state index contributed by atoms with van der Waals surface area (Å²) in [5, 5.41) is 8.45. The van der Waals surface area contributed by atoms with E-state index in [2.05, 4.69) is 0 Å². The van der Waals surface area contributed by atoms with Crippen molar-refractivity contribution in [3.63, 3.8) is 0 Å². The molecule has 1 rings (SSSR count). The molecule has 0 amide bonds. The zero-order chi connectivity index (χ0) is 9.68. The largest absolute Gasteiger partial charge is 0.481 e. The van der Waals surface area contributed by atoms with Gasteiger partial charge in [0, 0.05) is 12.5 Å². The highest BCUT2D eigenvalue weighted by atomic mass is 35.5. The maximum atomic E-state index is 10.3. The van der Waals surface area contributed by atoms with Crippen LogP contribution in [0, 0.1) is 0 Å². The topological polar surface area (TPSA) is 63.3 Å². The van der Waals surface area contributed by atoms with E-state index in [0.717, 1.165) is 5.56 Å². The molecule has 0 saturated heterocycles. The Balaban J connectivity index is 0.00000169. The van der Waals surface area contributed by atoms with Crippen molar-refractivity contribution in [1.29, 1.82) is 0 Å². The van der Waals surface area contributed by atoms with Gasteiger partial charge in [-0.3, -0.25) is 4.79 Å². The molecular weight excluding hydrogens is 202 g/mol. The molecule has 0 aliphatic carbocycles. The number of carbonyl (C=O) groups is 1. The second-order valence-corrected chi connectivity index (χ2v) is 2.95. The van der Waals surface area contributed by atoms with Gasteiger partial charge in [-0.2, -0.15) is 0 Å². The van der Waals surface area contributed by atoms with E-state index in [1.807, 2.05) is 30.3 Å². The molecule has 0 bridgehead atoms. The fourth-order valence-electron chi connectivity index (χ4n) is 1.15. The molecule has 0 radical (unpaired) electrons. The van der Waals surface area contributed by atoms with Gasteiger partial charge in [0.1, 0.15) is 0 Å². The van der Waals surface area contributed by atoms with Crippen LogP contribution in [0.4, 0.5) is 0 Å². The Kier molecular flexibility index (Phi) is 5.92. The lowest BCUT2D eigenvalue weighted by atomic mass is 10.0. The molecule has 1 atom stereocenters. The van der Waals surface area contributed by atoms with Crippen LogP contribution >= 0.6 is 12.4 Å². The molecule has 4 heteroatoms. The van der Waals surface area contributed by atoms with Gasteiger partial charge in [-0.05, 0) is 12.0 Å². The lowest BCUT2D eigenvalue weighted by molar-refractivity contribution is -0.137. The third-order valence-electron chi connectivity index (χ3n) is 1.90. The molecule has 1 aromatic carbocycles. The quantitative estimate of drug-likeness (QED) is 0.807. The molecule has 14 heavy (non-hydrogen) atoms. The molecular formula is C10H14ClNO2. The van der Waals surface area contributed by atoms with E-state index in [-0.39, 0.29) is 24.9 Å². The van der Waals surface area contributed by atoms with Crippen LogP contribution in [0.3, 0.4) is 0 Å². The van der Waals surface area contributed by atoms with Crippen LogP contribution in [0.5, 0.6) is 0 Å². The van der Waals surface area contributed by atoms with Crippen LogP contribution in [0.25, 0.3) is 0 Å². The van der Waals surface area contributed by atoms with Crippen LogP contribution in [-0.4, -0.2) is 11.1 Å². The van der Waals surface area contributed by atoms with Crippen molar-refractivity contribution in [2.75, 3.05) is 0 Å². The van der Waals surface area contributed by atoms with Gasteiger partial charge in [0.15, 0.2) is 0 Å². The smallest absolute Gasteiger partial charge is 0.303 e. The van der Waals surface area contributed by atoms with E-state index in [1.165, 1.54) is 0 Å². The van der Waals surface area contributed by atoms with Gasteiger partial charge in [-0.25, -0.2) is 0 Å². The molecule has 3 nitrogen and oxygen atoms in total. The van der Waals surface area contributed by atoms with Gasteiger partial charge >= 0.3 is 5.97 Å². The molecule has 1 aromatic rings. The maximum absolute atomic E-state index is 10.3. The molecule has 3 N–H and O–H groups in total. The maximum Gasteiger partial charge on any atom is 0.303 e. The highest BCUT2D eigenvalue weighted by Gasteiger charge is 2.06. The molecule has 0 fully saturated rings. The number of halogens is 1. The van der Waals surface area contributed by atoms with E-state index >= 15 is 0 Å². The van der Waals surface area contributed by atoms with E-state index in [0.29, 0.717) is 6.42 Å². The second kappa shape index (κ2) is 6.40. The normalized spacial score (nSPS) is 11.5. The summed E-state index contributed by atoms with van der Waals surface area (Å²) in [6.45, 7) is 0. The van der Waals surface area contributed by atoms with Gasteiger partial charge in [0.25, 0.3) is 0 Å². The summed E-state index contributed by atoms with van der Waals surface area (Å²) in [5.41, 5.74) is 6.77. The highest BCUT2D eigenvalue weighted by molar-refractivity contribution is 5.85. The van der Waals surface area contributed by atoms with E-state index in [9.17, 15) is 4.79 Å². The van der Waals surface area contributed by atoms with Gasteiger partial charge < -0.3 is 10.8 Å². The number of benzene rings is 1.